The van der Waals surface area contributed by atoms with Gasteiger partial charge < -0.3 is 5.11 Å². The maximum absolute atomic E-state index is 11.0. The largest absolute Gasteiger partial charge is 0.502 e. The molecule has 0 spiro atoms. The molecule has 0 amide bonds. The van der Waals surface area contributed by atoms with E-state index in [4.69, 9.17) is 0 Å². The first-order valence-corrected chi connectivity index (χ1v) is 5.22. The van der Waals surface area contributed by atoms with Gasteiger partial charge in [0.05, 0.1) is 9.85 Å². The minimum Gasteiger partial charge on any atom is -0.502 e. The summed E-state index contributed by atoms with van der Waals surface area (Å²) in [4.78, 5) is 20.5. The topological polar surface area (TPSA) is 107 Å². The summed E-state index contributed by atoms with van der Waals surface area (Å²) >= 11 is 0. The standard InChI is InChI=1S/C12H8N2O5/c15-10-7-6-9(13(16)17)11(12(10)14(18)19)8-4-2-1-3-5-8/h1-7,15H. The van der Waals surface area contributed by atoms with Crippen LogP contribution in [0.25, 0.3) is 11.1 Å². The summed E-state index contributed by atoms with van der Waals surface area (Å²) in [5.41, 5.74) is -0.983. The fourth-order valence-electron chi connectivity index (χ4n) is 1.80. The van der Waals surface area contributed by atoms with Gasteiger partial charge in [-0.3, -0.25) is 20.2 Å². The second kappa shape index (κ2) is 4.73. The van der Waals surface area contributed by atoms with Crippen molar-refractivity contribution in [3.63, 3.8) is 0 Å². The molecule has 19 heavy (non-hydrogen) atoms. The zero-order valence-corrected chi connectivity index (χ0v) is 9.52. The van der Waals surface area contributed by atoms with Crippen molar-refractivity contribution in [2.75, 3.05) is 0 Å². The summed E-state index contributed by atoms with van der Waals surface area (Å²) in [6.45, 7) is 0. The van der Waals surface area contributed by atoms with Gasteiger partial charge in [0, 0.05) is 6.07 Å². The molecule has 0 bridgehead atoms. The van der Waals surface area contributed by atoms with E-state index in [0.717, 1.165) is 12.1 Å². The zero-order chi connectivity index (χ0) is 14.0. The molecule has 2 aromatic carbocycles. The number of rotatable bonds is 3. The Morgan fingerprint density at radius 2 is 1.53 bits per heavy atom. The van der Waals surface area contributed by atoms with E-state index >= 15 is 0 Å². The molecule has 2 aromatic rings. The van der Waals surface area contributed by atoms with Gasteiger partial charge >= 0.3 is 5.69 Å². The van der Waals surface area contributed by atoms with Gasteiger partial charge in [0.15, 0.2) is 5.75 Å². The molecule has 0 radical (unpaired) electrons. The molecule has 0 aromatic heterocycles. The highest BCUT2D eigenvalue weighted by atomic mass is 16.6. The first-order chi connectivity index (χ1) is 9.02. The van der Waals surface area contributed by atoms with Gasteiger partial charge in [-0.25, -0.2) is 0 Å². The lowest BCUT2D eigenvalue weighted by molar-refractivity contribution is -0.393. The second-order valence-corrected chi connectivity index (χ2v) is 3.71. The molecule has 1 N–H and O–H groups in total. The molecule has 96 valence electrons. The van der Waals surface area contributed by atoms with E-state index in [1.54, 1.807) is 18.2 Å². The Morgan fingerprint density at radius 1 is 0.895 bits per heavy atom. The number of aromatic hydroxyl groups is 1. The van der Waals surface area contributed by atoms with Gasteiger partial charge in [0.25, 0.3) is 5.69 Å². The van der Waals surface area contributed by atoms with Crippen LogP contribution in [0, 0.1) is 20.2 Å². The van der Waals surface area contributed by atoms with E-state index in [9.17, 15) is 25.3 Å². The molecule has 0 unspecified atom stereocenters. The van der Waals surface area contributed by atoms with Crippen LogP contribution in [0.1, 0.15) is 0 Å². The third kappa shape index (κ3) is 2.21. The Hall–Kier alpha value is -2.96. The van der Waals surface area contributed by atoms with E-state index in [2.05, 4.69) is 0 Å². The molecule has 7 nitrogen and oxygen atoms in total. The van der Waals surface area contributed by atoms with Crippen LogP contribution in [0.2, 0.25) is 0 Å². The van der Waals surface area contributed by atoms with E-state index in [0.29, 0.717) is 5.56 Å². The van der Waals surface area contributed by atoms with E-state index in [1.807, 2.05) is 0 Å². The third-order valence-electron chi connectivity index (χ3n) is 2.58. The van der Waals surface area contributed by atoms with Crippen LogP contribution >= 0.6 is 0 Å². The molecule has 0 aliphatic carbocycles. The van der Waals surface area contributed by atoms with Gasteiger partial charge in [0.2, 0.25) is 0 Å². The summed E-state index contributed by atoms with van der Waals surface area (Å²) in [5, 5.41) is 31.6. The summed E-state index contributed by atoms with van der Waals surface area (Å²) in [7, 11) is 0. The van der Waals surface area contributed by atoms with Crippen LogP contribution in [0.4, 0.5) is 11.4 Å². The summed E-state index contributed by atoms with van der Waals surface area (Å²) in [5.74, 6) is -0.602. The summed E-state index contributed by atoms with van der Waals surface area (Å²) in [6.07, 6.45) is 0. The Balaban J connectivity index is 2.85. The first kappa shape index (κ1) is 12.5. The number of nitrogens with zero attached hydrogens (tertiary/aromatic N) is 2. The second-order valence-electron chi connectivity index (χ2n) is 3.71. The van der Waals surface area contributed by atoms with E-state index < -0.39 is 27.0 Å². The third-order valence-corrected chi connectivity index (χ3v) is 2.58. The Labute approximate surface area is 107 Å². The lowest BCUT2D eigenvalue weighted by atomic mass is 10.0. The monoisotopic (exact) mass is 260 g/mol. The molecule has 0 saturated carbocycles. The van der Waals surface area contributed by atoms with Crippen LogP contribution in [0.3, 0.4) is 0 Å². The minimum atomic E-state index is -0.829. The summed E-state index contributed by atoms with van der Waals surface area (Å²) in [6, 6.07) is 9.90. The Kier molecular flexibility index (Phi) is 3.11. The average molecular weight is 260 g/mol. The maximum Gasteiger partial charge on any atom is 0.325 e. The number of phenols is 1. The van der Waals surface area contributed by atoms with Crippen molar-refractivity contribution in [3.05, 3.63) is 62.7 Å². The Bertz CT molecular complexity index is 655. The number of benzene rings is 2. The van der Waals surface area contributed by atoms with Crippen molar-refractivity contribution < 1.29 is 15.0 Å². The molecule has 2 rings (SSSR count). The molecule has 0 aliphatic heterocycles. The maximum atomic E-state index is 11.0. The zero-order valence-electron chi connectivity index (χ0n) is 9.52. The van der Waals surface area contributed by atoms with Crippen molar-refractivity contribution in [1.29, 1.82) is 0 Å². The first-order valence-electron chi connectivity index (χ1n) is 5.22. The van der Waals surface area contributed by atoms with Crippen LogP contribution < -0.4 is 0 Å². The van der Waals surface area contributed by atoms with Crippen molar-refractivity contribution >= 4 is 11.4 Å². The summed E-state index contributed by atoms with van der Waals surface area (Å²) < 4.78 is 0. The number of nitro benzene ring substituents is 2. The predicted octanol–water partition coefficient (Wildman–Crippen LogP) is 2.88. The lowest BCUT2D eigenvalue weighted by Crippen LogP contribution is -1.98. The number of hydrogen-bond donors (Lipinski definition) is 1. The quantitative estimate of drug-likeness (QED) is 0.674. The van der Waals surface area contributed by atoms with Crippen molar-refractivity contribution in [2.45, 2.75) is 0 Å². The van der Waals surface area contributed by atoms with Crippen molar-refractivity contribution in [3.8, 4) is 16.9 Å². The molecule has 0 heterocycles. The molecule has 0 fully saturated rings. The molecule has 0 saturated heterocycles. The number of phenolic OH excluding ortho intramolecular Hbond substituents is 1. The smallest absolute Gasteiger partial charge is 0.325 e. The fraction of sp³-hybridized carbons (Fsp3) is 0. The average Bonchev–Trinajstić information content (AvgIpc) is 2.38. The van der Waals surface area contributed by atoms with E-state index in [1.165, 1.54) is 12.1 Å². The van der Waals surface area contributed by atoms with Crippen LogP contribution in [-0.4, -0.2) is 15.0 Å². The Morgan fingerprint density at radius 3 is 2.05 bits per heavy atom. The fourth-order valence-corrected chi connectivity index (χ4v) is 1.80. The van der Waals surface area contributed by atoms with Crippen LogP contribution in [0.5, 0.6) is 5.75 Å². The van der Waals surface area contributed by atoms with Gasteiger partial charge in [-0.15, -0.1) is 0 Å². The lowest BCUT2D eigenvalue weighted by Gasteiger charge is -2.05. The normalized spacial score (nSPS) is 10.1. The van der Waals surface area contributed by atoms with Crippen molar-refractivity contribution in [2.24, 2.45) is 0 Å². The molecule has 0 aliphatic rings. The SMILES string of the molecule is O=[N+]([O-])c1ccc(O)c([N+](=O)[O-])c1-c1ccccc1. The van der Waals surface area contributed by atoms with Crippen molar-refractivity contribution in [1.82, 2.24) is 0 Å². The predicted molar refractivity (Wildman–Crippen MR) is 66.9 cm³/mol. The van der Waals surface area contributed by atoms with Crippen LogP contribution in [-0.2, 0) is 0 Å². The number of hydrogen-bond acceptors (Lipinski definition) is 5. The highest BCUT2D eigenvalue weighted by molar-refractivity contribution is 5.85. The molecule has 7 heteroatoms. The molecular weight excluding hydrogens is 252 g/mol. The molecule has 0 atom stereocenters. The van der Waals surface area contributed by atoms with E-state index in [-0.39, 0.29) is 5.56 Å². The molecular formula is C12H8N2O5. The van der Waals surface area contributed by atoms with Crippen LogP contribution in [0.15, 0.2) is 42.5 Å². The highest BCUT2D eigenvalue weighted by Gasteiger charge is 2.29. The van der Waals surface area contributed by atoms with Gasteiger partial charge in [0.1, 0.15) is 5.56 Å². The number of nitro groups is 2. The van der Waals surface area contributed by atoms with Gasteiger partial charge in [-0.1, -0.05) is 30.3 Å². The highest BCUT2D eigenvalue weighted by Crippen LogP contribution is 2.43. The minimum absolute atomic E-state index is 0.199. The van der Waals surface area contributed by atoms with Gasteiger partial charge in [-0.05, 0) is 11.6 Å². The van der Waals surface area contributed by atoms with Gasteiger partial charge in [-0.2, -0.15) is 0 Å².